The predicted molar refractivity (Wildman–Crippen MR) is 123 cm³/mol. The molecule has 1 aromatic carbocycles. The summed E-state index contributed by atoms with van der Waals surface area (Å²) in [7, 11) is 0. The Hall–Kier alpha value is -2.03. The molecule has 0 spiro atoms. The smallest absolute Gasteiger partial charge is 0.213 e. The van der Waals surface area contributed by atoms with Crippen LogP contribution in [0.1, 0.15) is 30.5 Å². The highest BCUT2D eigenvalue weighted by molar-refractivity contribution is 14.0. The SMILES string of the molecule is CCNC(=NCc1ccnc(OCC)c1)NCCc1ccc2c(c1)CCO2.I. The van der Waals surface area contributed by atoms with E-state index in [4.69, 9.17) is 9.47 Å². The lowest BCUT2D eigenvalue weighted by Crippen LogP contribution is -2.38. The second kappa shape index (κ2) is 11.7. The van der Waals surface area contributed by atoms with E-state index in [9.17, 15) is 0 Å². The summed E-state index contributed by atoms with van der Waals surface area (Å²) < 4.78 is 11.0. The molecule has 28 heavy (non-hydrogen) atoms. The van der Waals surface area contributed by atoms with Gasteiger partial charge in [0.25, 0.3) is 0 Å². The molecule has 7 heteroatoms. The minimum atomic E-state index is 0. The minimum Gasteiger partial charge on any atom is -0.493 e. The first-order chi connectivity index (χ1) is 13.3. The van der Waals surface area contributed by atoms with Crippen LogP contribution in [0.25, 0.3) is 0 Å². The number of aliphatic imine (C=N–C) groups is 1. The Morgan fingerprint density at radius 2 is 2.07 bits per heavy atom. The van der Waals surface area contributed by atoms with E-state index in [0.29, 0.717) is 19.0 Å². The highest BCUT2D eigenvalue weighted by Gasteiger charge is 2.11. The van der Waals surface area contributed by atoms with Crippen LogP contribution in [0.15, 0.2) is 41.5 Å². The zero-order valence-electron chi connectivity index (χ0n) is 16.5. The molecule has 1 aliphatic rings. The molecule has 0 fully saturated rings. The third-order valence-corrected chi connectivity index (χ3v) is 4.32. The molecule has 6 nitrogen and oxygen atoms in total. The van der Waals surface area contributed by atoms with Crippen molar-refractivity contribution >= 4 is 29.9 Å². The van der Waals surface area contributed by atoms with Gasteiger partial charge in [-0.25, -0.2) is 9.98 Å². The van der Waals surface area contributed by atoms with Crippen LogP contribution in [0.5, 0.6) is 11.6 Å². The van der Waals surface area contributed by atoms with Gasteiger partial charge in [0.1, 0.15) is 5.75 Å². The predicted octanol–water partition coefficient (Wildman–Crippen LogP) is 3.33. The van der Waals surface area contributed by atoms with Crippen LogP contribution in [-0.4, -0.2) is 37.2 Å². The number of aromatic nitrogens is 1. The van der Waals surface area contributed by atoms with E-state index in [1.54, 1.807) is 6.20 Å². The Morgan fingerprint density at radius 3 is 2.89 bits per heavy atom. The van der Waals surface area contributed by atoms with E-state index in [2.05, 4.69) is 45.7 Å². The lowest BCUT2D eigenvalue weighted by atomic mass is 10.1. The van der Waals surface area contributed by atoms with Gasteiger partial charge < -0.3 is 20.1 Å². The zero-order chi connectivity index (χ0) is 18.9. The van der Waals surface area contributed by atoms with Gasteiger partial charge >= 0.3 is 0 Å². The normalized spacial score (nSPS) is 12.6. The third kappa shape index (κ3) is 6.54. The summed E-state index contributed by atoms with van der Waals surface area (Å²) in [6, 6.07) is 10.4. The number of pyridine rings is 1. The first-order valence-electron chi connectivity index (χ1n) is 9.63. The van der Waals surface area contributed by atoms with Gasteiger partial charge in [0.15, 0.2) is 5.96 Å². The van der Waals surface area contributed by atoms with E-state index >= 15 is 0 Å². The number of nitrogens with one attached hydrogen (secondary N) is 2. The number of hydrogen-bond acceptors (Lipinski definition) is 4. The number of nitrogens with zero attached hydrogens (tertiary/aromatic N) is 2. The Morgan fingerprint density at radius 1 is 1.18 bits per heavy atom. The molecule has 2 heterocycles. The molecule has 0 saturated heterocycles. The molecule has 0 unspecified atom stereocenters. The summed E-state index contributed by atoms with van der Waals surface area (Å²) in [6.07, 6.45) is 3.71. The molecular formula is C21H29IN4O2. The average Bonchev–Trinajstić information content (AvgIpc) is 3.14. The summed E-state index contributed by atoms with van der Waals surface area (Å²) in [6.45, 7) is 7.65. The van der Waals surface area contributed by atoms with Crippen LogP contribution >= 0.6 is 24.0 Å². The largest absolute Gasteiger partial charge is 0.493 e. The van der Waals surface area contributed by atoms with Gasteiger partial charge in [0.05, 0.1) is 19.8 Å². The van der Waals surface area contributed by atoms with Gasteiger partial charge in [-0.2, -0.15) is 0 Å². The van der Waals surface area contributed by atoms with E-state index in [1.165, 1.54) is 11.1 Å². The van der Waals surface area contributed by atoms with Gasteiger partial charge in [-0.3, -0.25) is 0 Å². The molecule has 0 atom stereocenters. The number of guanidine groups is 1. The fourth-order valence-electron chi connectivity index (χ4n) is 3.01. The molecule has 0 saturated carbocycles. The van der Waals surface area contributed by atoms with Crippen LogP contribution in [0, 0.1) is 0 Å². The standard InChI is InChI=1S/C21H28N4O2.HI/c1-3-22-21(25-15-17-8-10-23-20(14-17)26-4-2)24-11-7-16-5-6-19-18(13-16)9-12-27-19;/h5-6,8,10,13-14H,3-4,7,9,11-12,15H2,1-2H3,(H2,22,24,25);1H. The van der Waals surface area contributed by atoms with Crippen molar-refractivity contribution < 1.29 is 9.47 Å². The molecule has 0 radical (unpaired) electrons. The van der Waals surface area contributed by atoms with Crippen molar-refractivity contribution in [2.45, 2.75) is 33.2 Å². The quantitative estimate of drug-likeness (QED) is 0.334. The molecule has 0 aliphatic carbocycles. The second-order valence-corrected chi connectivity index (χ2v) is 6.35. The fraction of sp³-hybridized carbons (Fsp3) is 0.429. The number of rotatable bonds is 8. The number of benzene rings is 1. The van der Waals surface area contributed by atoms with Gasteiger partial charge in [-0.1, -0.05) is 12.1 Å². The third-order valence-electron chi connectivity index (χ3n) is 4.32. The van der Waals surface area contributed by atoms with E-state index in [1.807, 2.05) is 19.1 Å². The summed E-state index contributed by atoms with van der Waals surface area (Å²) >= 11 is 0. The van der Waals surface area contributed by atoms with Crippen LogP contribution < -0.4 is 20.1 Å². The van der Waals surface area contributed by atoms with Crippen LogP contribution in [0.2, 0.25) is 0 Å². The maximum Gasteiger partial charge on any atom is 0.213 e. The summed E-state index contributed by atoms with van der Waals surface area (Å²) in [4.78, 5) is 8.85. The lowest BCUT2D eigenvalue weighted by molar-refractivity contribution is 0.326. The monoisotopic (exact) mass is 496 g/mol. The molecule has 1 aromatic heterocycles. The van der Waals surface area contributed by atoms with Gasteiger partial charge in [0.2, 0.25) is 5.88 Å². The van der Waals surface area contributed by atoms with E-state index < -0.39 is 0 Å². The van der Waals surface area contributed by atoms with Crippen LogP contribution in [-0.2, 0) is 19.4 Å². The fourth-order valence-corrected chi connectivity index (χ4v) is 3.01. The summed E-state index contributed by atoms with van der Waals surface area (Å²) in [5, 5.41) is 6.70. The molecule has 2 N–H and O–H groups in total. The number of halogens is 1. The van der Waals surface area contributed by atoms with Crippen molar-refractivity contribution in [3.8, 4) is 11.6 Å². The van der Waals surface area contributed by atoms with Crippen LogP contribution in [0.4, 0.5) is 0 Å². The van der Waals surface area contributed by atoms with Gasteiger partial charge in [-0.15, -0.1) is 24.0 Å². The Balaban J connectivity index is 0.00000280. The van der Waals surface area contributed by atoms with Gasteiger partial charge in [-0.05, 0) is 49.1 Å². The Kier molecular flexibility index (Phi) is 9.33. The highest BCUT2D eigenvalue weighted by Crippen LogP contribution is 2.25. The van der Waals surface area contributed by atoms with E-state index in [0.717, 1.165) is 49.8 Å². The first kappa shape index (κ1) is 22.3. The van der Waals surface area contributed by atoms with Crippen LogP contribution in [0.3, 0.4) is 0 Å². The van der Waals surface area contributed by atoms with Crippen molar-refractivity contribution in [3.05, 3.63) is 53.2 Å². The van der Waals surface area contributed by atoms with Crippen molar-refractivity contribution in [1.82, 2.24) is 15.6 Å². The molecule has 0 amide bonds. The topological polar surface area (TPSA) is 67.8 Å². The Labute approximate surface area is 184 Å². The van der Waals surface area contributed by atoms with Crippen molar-refractivity contribution in [2.24, 2.45) is 4.99 Å². The number of fused-ring (bicyclic) bond motifs is 1. The highest BCUT2D eigenvalue weighted by atomic mass is 127. The summed E-state index contributed by atoms with van der Waals surface area (Å²) in [5.41, 5.74) is 3.71. The molecule has 0 bridgehead atoms. The molecule has 1 aliphatic heterocycles. The van der Waals surface area contributed by atoms with E-state index in [-0.39, 0.29) is 24.0 Å². The first-order valence-corrected chi connectivity index (χ1v) is 9.63. The number of ether oxygens (including phenoxy) is 2. The summed E-state index contributed by atoms with van der Waals surface area (Å²) in [5.74, 6) is 2.49. The Bertz CT molecular complexity index is 783. The lowest BCUT2D eigenvalue weighted by Gasteiger charge is -2.12. The molecule has 2 aromatic rings. The molecule has 3 rings (SSSR count). The number of hydrogen-bond donors (Lipinski definition) is 2. The van der Waals surface area contributed by atoms with Gasteiger partial charge in [0, 0.05) is 31.8 Å². The van der Waals surface area contributed by atoms with Crippen molar-refractivity contribution in [2.75, 3.05) is 26.3 Å². The second-order valence-electron chi connectivity index (χ2n) is 6.35. The zero-order valence-corrected chi connectivity index (χ0v) is 18.9. The maximum atomic E-state index is 5.57. The minimum absolute atomic E-state index is 0. The molecule has 152 valence electrons. The maximum absolute atomic E-state index is 5.57. The average molecular weight is 496 g/mol. The van der Waals surface area contributed by atoms with Crippen molar-refractivity contribution in [1.29, 1.82) is 0 Å². The molecular weight excluding hydrogens is 467 g/mol. The van der Waals surface area contributed by atoms with Crippen molar-refractivity contribution in [3.63, 3.8) is 0 Å².